The van der Waals surface area contributed by atoms with Crippen molar-refractivity contribution in [2.45, 2.75) is 19.0 Å². The molecule has 0 saturated heterocycles. The van der Waals surface area contributed by atoms with Gasteiger partial charge in [0.1, 0.15) is 11.8 Å². The van der Waals surface area contributed by atoms with Crippen molar-refractivity contribution in [3.63, 3.8) is 0 Å². The van der Waals surface area contributed by atoms with Crippen molar-refractivity contribution < 1.29 is 24.0 Å². The second kappa shape index (κ2) is 12.7. The van der Waals surface area contributed by atoms with E-state index in [0.717, 1.165) is 15.6 Å². The number of nitro benzene ring substituents is 1. The molecule has 3 rings (SSSR count). The molecule has 36 heavy (non-hydrogen) atoms. The van der Waals surface area contributed by atoms with Crippen LogP contribution in [0, 0.1) is 10.1 Å². The maximum atomic E-state index is 13.5. The van der Waals surface area contributed by atoms with E-state index in [1.165, 1.54) is 37.3 Å². The molecule has 3 aromatic rings. The van der Waals surface area contributed by atoms with Crippen molar-refractivity contribution in [2.75, 3.05) is 20.8 Å². The molecule has 1 atom stereocenters. The number of carbonyl (C=O) groups is 2. The molecule has 3 aromatic carbocycles. The maximum absolute atomic E-state index is 13.5. The van der Waals surface area contributed by atoms with Crippen molar-refractivity contribution in [3.8, 4) is 11.5 Å². The highest BCUT2D eigenvalue weighted by Gasteiger charge is 2.30. The molecule has 0 saturated carbocycles. The predicted octanol–water partition coefficient (Wildman–Crippen LogP) is 4.13. The third-order valence-electron chi connectivity index (χ3n) is 5.47. The number of benzene rings is 3. The van der Waals surface area contributed by atoms with Crippen LogP contribution in [0.5, 0.6) is 11.5 Å². The van der Waals surface area contributed by atoms with Gasteiger partial charge >= 0.3 is 5.69 Å². The molecule has 0 heterocycles. The quantitative estimate of drug-likeness (QED) is 0.281. The molecule has 0 bridgehead atoms. The summed E-state index contributed by atoms with van der Waals surface area (Å²) >= 11 is 3.45. The Hall–Kier alpha value is -3.92. The van der Waals surface area contributed by atoms with Crippen LogP contribution in [0.3, 0.4) is 0 Å². The van der Waals surface area contributed by atoms with E-state index in [0.29, 0.717) is 6.42 Å². The topological polar surface area (TPSA) is 111 Å². The van der Waals surface area contributed by atoms with E-state index in [1.54, 1.807) is 0 Å². The van der Waals surface area contributed by atoms with E-state index in [4.69, 9.17) is 9.47 Å². The summed E-state index contributed by atoms with van der Waals surface area (Å²) in [5.74, 6) is -0.480. The molecule has 0 aromatic heterocycles. The van der Waals surface area contributed by atoms with E-state index in [2.05, 4.69) is 21.2 Å². The number of hydrogen-bond donors (Lipinski definition) is 1. The van der Waals surface area contributed by atoms with E-state index >= 15 is 0 Å². The minimum Gasteiger partial charge on any atom is -0.490 e. The molecular weight excluding hydrogens is 530 g/mol. The monoisotopic (exact) mass is 555 g/mol. The number of nitrogens with zero attached hydrogens (tertiary/aromatic N) is 2. The van der Waals surface area contributed by atoms with Crippen LogP contribution in [0.15, 0.2) is 77.3 Å². The van der Waals surface area contributed by atoms with E-state index in [9.17, 15) is 19.7 Å². The summed E-state index contributed by atoms with van der Waals surface area (Å²) in [4.78, 5) is 38.5. The zero-order valence-electron chi connectivity index (χ0n) is 19.8. The first kappa shape index (κ1) is 26.7. The van der Waals surface area contributed by atoms with Crippen LogP contribution >= 0.6 is 15.9 Å². The standard InChI is InChI=1S/C26H26BrN3O6/c1-28-26(32)23(14-18-7-4-3-5-8-18)29(16-19-9-6-10-20(27)13-19)25(31)17-36-21-11-12-22(30(33)34)24(15-21)35-2/h3-13,15,23H,14,16-17H2,1-2H3,(H,28,32)/t23-/m0/s1. The number of methoxy groups -OCH3 is 1. The lowest BCUT2D eigenvalue weighted by atomic mass is 10.0. The Morgan fingerprint density at radius 1 is 1.06 bits per heavy atom. The largest absolute Gasteiger partial charge is 0.490 e. The number of ether oxygens (including phenoxy) is 2. The molecule has 0 unspecified atom stereocenters. The van der Waals surface area contributed by atoms with Crippen molar-refractivity contribution in [1.29, 1.82) is 0 Å². The fraction of sp³-hybridized carbons (Fsp3) is 0.231. The summed E-state index contributed by atoms with van der Waals surface area (Å²) in [7, 11) is 2.84. The molecule has 2 amide bonds. The Balaban J connectivity index is 1.88. The van der Waals surface area contributed by atoms with Crippen molar-refractivity contribution in [3.05, 3.63) is 98.5 Å². The number of nitro groups is 1. The van der Waals surface area contributed by atoms with Crippen LogP contribution in [0.2, 0.25) is 0 Å². The fourth-order valence-corrected chi connectivity index (χ4v) is 4.13. The lowest BCUT2D eigenvalue weighted by molar-refractivity contribution is -0.385. The average molecular weight is 556 g/mol. The Morgan fingerprint density at radius 3 is 2.42 bits per heavy atom. The van der Waals surface area contributed by atoms with Crippen molar-refractivity contribution in [1.82, 2.24) is 10.2 Å². The predicted molar refractivity (Wildman–Crippen MR) is 138 cm³/mol. The number of nitrogens with one attached hydrogen (secondary N) is 1. The molecule has 1 N–H and O–H groups in total. The van der Waals surface area contributed by atoms with Gasteiger partial charge in [-0.15, -0.1) is 0 Å². The Kier molecular flexibility index (Phi) is 9.40. The SMILES string of the molecule is CNC(=O)[C@H](Cc1ccccc1)N(Cc1cccc(Br)c1)C(=O)COc1ccc([N+](=O)[O-])c(OC)c1. The third-order valence-corrected chi connectivity index (χ3v) is 5.96. The average Bonchev–Trinajstić information content (AvgIpc) is 2.89. The summed E-state index contributed by atoms with van der Waals surface area (Å²) in [6, 6.07) is 20.1. The van der Waals surface area contributed by atoms with Crippen LogP contribution < -0.4 is 14.8 Å². The highest BCUT2D eigenvalue weighted by Crippen LogP contribution is 2.31. The number of rotatable bonds is 11. The van der Waals surface area contributed by atoms with Crippen LogP contribution in [0.4, 0.5) is 5.69 Å². The zero-order valence-corrected chi connectivity index (χ0v) is 21.4. The molecule has 10 heteroatoms. The first-order chi connectivity index (χ1) is 17.3. The molecule has 0 spiro atoms. The fourth-order valence-electron chi connectivity index (χ4n) is 3.68. The molecule has 9 nitrogen and oxygen atoms in total. The second-order valence-electron chi connectivity index (χ2n) is 7.85. The Labute approximate surface area is 217 Å². The van der Waals surface area contributed by atoms with Crippen LogP contribution in [-0.4, -0.2) is 48.4 Å². The van der Waals surface area contributed by atoms with Gasteiger partial charge in [-0.2, -0.15) is 0 Å². The lowest BCUT2D eigenvalue weighted by Gasteiger charge is -2.31. The number of hydrogen-bond acceptors (Lipinski definition) is 6. The number of likely N-dealkylation sites (N-methyl/N-ethyl adjacent to an activating group) is 1. The van der Waals surface area contributed by atoms with E-state index in [-0.39, 0.29) is 36.2 Å². The first-order valence-electron chi connectivity index (χ1n) is 11.1. The molecule has 188 valence electrons. The normalized spacial score (nSPS) is 11.3. The minimum atomic E-state index is -0.793. The highest BCUT2D eigenvalue weighted by molar-refractivity contribution is 9.10. The summed E-state index contributed by atoms with van der Waals surface area (Å²) < 4.78 is 11.6. The molecule has 0 fully saturated rings. The molecule has 0 radical (unpaired) electrons. The van der Waals surface area contributed by atoms with Gasteiger partial charge < -0.3 is 19.7 Å². The van der Waals surface area contributed by atoms with E-state index < -0.39 is 16.9 Å². The lowest BCUT2D eigenvalue weighted by Crippen LogP contribution is -2.51. The third kappa shape index (κ3) is 7.05. The maximum Gasteiger partial charge on any atom is 0.311 e. The van der Waals surface area contributed by atoms with Gasteiger partial charge in [0, 0.05) is 36.6 Å². The smallest absolute Gasteiger partial charge is 0.311 e. The summed E-state index contributed by atoms with van der Waals surface area (Å²) in [5.41, 5.74) is 1.52. The summed E-state index contributed by atoms with van der Waals surface area (Å²) in [6.45, 7) is -0.201. The van der Waals surface area contributed by atoms with Gasteiger partial charge in [-0.25, -0.2) is 0 Å². The number of amides is 2. The molecule has 0 aliphatic carbocycles. The van der Waals surface area contributed by atoms with Gasteiger partial charge in [0.2, 0.25) is 11.7 Å². The van der Waals surface area contributed by atoms with Gasteiger partial charge in [0.05, 0.1) is 12.0 Å². The first-order valence-corrected chi connectivity index (χ1v) is 11.9. The van der Waals surface area contributed by atoms with Crippen molar-refractivity contribution in [2.24, 2.45) is 0 Å². The summed E-state index contributed by atoms with van der Waals surface area (Å²) in [5, 5.41) is 13.8. The Bertz CT molecular complexity index is 1220. The number of halogens is 1. The molecule has 0 aliphatic rings. The minimum absolute atomic E-state index is 0.0169. The summed E-state index contributed by atoms with van der Waals surface area (Å²) in [6.07, 6.45) is 0.311. The van der Waals surface area contributed by atoms with Gasteiger partial charge in [0.15, 0.2) is 6.61 Å². The van der Waals surface area contributed by atoms with E-state index in [1.807, 2.05) is 54.6 Å². The van der Waals surface area contributed by atoms with Crippen LogP contribution in [0.1, 0.15) is 11.1 Å². The Morgan fingerprint density at radius 2 is 1.78 bits per heavy atom. The highest BCUT2D eigenvalue weighted by atomic mass is 79.9. The van der Waals surface area contributed by atoms with Crippen molar-refractivity contribution >= 4 is 33.4 Å². The second-order valence-corrected chi connectivity index (χ2v) is 8.77. The van der Waals surface area contributed by atoms with Crippen LogP contribution in [0.25, 0.3) is 0 Å². The van der Waals surface area contributed by atoms with Gasteiger partial charge in [-0.1, -0.05) is 58.4 Å². The van der Waals surface area contributed by atoms with Gasteiger partial charge in [-0.3, -0.25) is 19.7 Å². The molecule has 0 aliphatic heterocycles. The van der Waals surface area contributed by atoms with Gasteiger partial charge in [-0.05, 0) is 29.3 Å². The van der Waals surface area contributed by atoms with Crippen LogP contribution in [-0.2, 0) is 22.6 Å². The molecular formula is C26H26BrN3O6. The van der Waals surface area contributed by atoms with Gasteiger partial charge in [0.25, 0.3) is 5.91 Å². The number of carbonyl (C=O) groups excluding carboxylic acids is 2. The zero-order chi connectivity index (χ0) is 26.1.